The van der Waals surface area contributed by atoms with E-state index in [-0.39, 0.29) is 11.9 Å². The van der Waals surface area contributed by atoms with Crippen molar-refractivity contribution in [2.45, 2.75) is 19.9 Å². The first-order chi connectivity index (χ1) is 18.5. The first-order valence-electron chi connectivity index (χ1n) is 12.3. The van der Waals surface area contributed by atoms with E-state index in [1.54, 1.807) is 11.0 Å². The Bertz CT molecular complexity index is 1530. The summed E-state index contributed by atoms with van der Waals surface area (Å²) in [5.74, 6) is 0.672. The zero-order valence-corrected chi connectivity index (χ0v) is 22.8. The predicted octanol–water partition coefficient (Wildman–Crippen LogP) is 7.37. The molecule has 1 saturated heterocycles. The molecule has 1 amide bonds. The van der Waals surface area contributed by atoms with Crippen molar-refractivity contribution in [2.75, 3.05) is 6.61 Å². The molecule has 0 bridgehead atoms. The SMILES string of the molecule is C=CCOc1ccc(-c2nn(-c3ccccc3)cc2/C=C2\SC(=S)N([C@H](C)c3ccccc3)C2=O)c(C)c1. The molecule has 0 aliphatic carbocycles. The monoisotopic (exact) mass is 537 g/mol. The second kappa shape index (κ2) is 11.2. The number of para-hydroxylation sites is 1. The number of thiocarbonyl (C=S) groups is 1. The molecule has 1 atom stereocenters. The van der Waals surface area contributed by atoms with Crippen LogP contribution in [0.3, 0.4) is 0 Å². The number of thioether (sulfide) groups is 1. The number of carbonyl (C=O) groups excluding carboxylic acids is 1. The number of nitrogens with zero attached hydrogens (tertiary/aromatic N) is 3. The fourth-order valence-electron chi connectivity index (χ4n) is 4.40. The van der Waals surface area contributed by atoms with E-state index in [0.29, 0.717) is 15.8 Å². The lowest BCUT2D eigenvalue weighted by Crippen LogP contribution is -2.30. The highest BCUT2D eigenvalue weighted by molar-refractivity contribution is 8.26. The molecule has 1 aliphatic rings. The lowest BCUT2D eigenvalue weighted by molar-refractivity contribution is -0.123. The highest BCUT2D eigenvalue weighted by Crippen LogP contribution is 2.39. The third-order valence-corrected chi connectivity index (χ3v) is 7.69. The molecule has 1 aromatic heterocycles. The summed E-state index contributed by atoms with van der Waals surface area (Å²) < 4.78 is 8.11. The minimum atomic E-state index is -0.161. The summed E-state index contributed by atoms with van der Waals surface area (Å²) in [6.07, 6.45) is 5.58. The first-order valence-corrected chi connectivity index (χ1v) is 13.5. The highest BCUT2D eigenvalue weighted by Gasteiger charge is 2.36. The summed E-state index contributed by atoms with van der Waals surface area (Å²) in [4.78, 5) is 15.8. The Morgan fingerprint density at radius 1 is 1.08 bits per heavy atom. The summed E-state index contributed by atoms with van der Waals surface area (Å²) >= 11 is 6.98. The average molecular weight is 538 g/mol. The molecule has 0 saturated carbocycles. The van der Waals surface area contributed by atoms with Crippen LogP contribution in [0.15, 0.2) is 103 Å². The van der Waals surface area contributed by atoms with E-state index < -0.39 is 0 Å². The standard InChI is InChI=1S/C31H27N3O2S2/c1-4-17-36-26-15-16-27(21(2)18-26)29-24(20-33(32-29)25-13-9-6-10-14-25)19-28-30(35)34(31(37)38-28)22(3)23-11-7-5-8-12-23/h4-16,18-20,22H,1,17H2,2-3H3/b28-19-/t22-/m1/s1. The zero-order chi connectivity index (χ0) is 26.6. The summed E-state index contributed by atoms with van der Waals surface area (Å²) in [5, 5.41) is 4.94. The number of ether oxygens (including phenoxy) is 1. The predicted molar refractivity (Wildman–Crippen MR) is 159 cm³/mol. The van der Waals surface area contributed by atoms with E-state index in [1.807, 2.05) is 110 Å². The van der Waals surface area contributed by atoms with Gasteiger partial charge in [0.15, 0.2) is 0 Å². The van der Waals surface area contributed by atoms with E-state index >= 15 is 0 Å². The number of hydrogen-bond acceptors (Lipinski definition) is 5. The average Bonchev–Trinajstić information content (AvgIpc) is 3.48. The van der Waals surface area contributed by atoms with Crippen LogP contribution in [0.25, 0.3) is 23.0 Å². The van der Waals surface area contributed by atoms with Gasteiger partial charge in [-0.3, -0.25) is 9.69 Å². The molecule has 1 fully saturated rings. The van der Waals surface area contributed by atoms with Crippen molar-refractivity contribution < 1.29 is 9.53 Å². The fraction of sp³-hybridized carbons (Fsp3) is 0.129. The molecular formula is C31H27N3O2S2. The van der Waals surface area contributed by atoms with Crippen molar-refractivity contribution in [1.82, 2.24) is 14.7 Å². The van der Waals surface area contributed by atoms with Crippen LogP contribution >= 0.6 is 24.0 Å². The van der Waals surface area contributed by atoms with Crippen molar-refractivity contribution in [3.8, 4) is 22.7 Å². The van der Waals surface area contributed by atoms with Crippen LogP contribution in [0.2, 0.25) is 0 Å². The Labute approximate surface area is 232 Å². The molecule has 0 N–H and O–H groups in total. The molecule has 1 aliphatic heterocycles. The van der Waals surface area contributed by atoms with Crippen molar-refractivity contribution in [2.24, 2.45) is 0 Å². The Kier molecular flexibility index (Phi) is 7.58. The topological polar surface area (TPSA) is 47.4 Å². The largest absolute Gasteiger partial charge is 0.490 e. The van der Waals surface area contributed by atoms with Gasteiger partial charge in [0, 0.05) is 17.3 Å². The van der Waals surface area contributed by atoms with Gasteiger partial charge in [-0.2, -0.15) is 5.10 Å². The Morgan fingerprint density at radius 3 is 2.47 bits per heavy atom. The summed E-state index contributed by atoms with van der Waals surface area (Å²) in [6.45, 7) is 8.19. The summed E-state index contributed by atoms with van der Waals surface area (Å²) in [7, 11) is 0. The summed E-state index contributed by atoms with van der Waals surface area (Å²) in [6, 6.07) is 25.6. The van der Waals surface area contributed by atoms with Gasteiger partial charge < -0.3 is 4.74 Å². The van der Waals surface area contributed by atoms with Crippen molar-refractivity contribution in [3.05, 3.63) is 119 Å². The minimum Gasteiger partial charge on any atom is -0.490 e. The fourth-order valence-corrected chi connectivity index (χ4v) is 5.81. The molecule has 2 heterocycles. The van der Waals surface area contributed by atoms with Gasteiger partial charge in [-0.1, -0.05) is 85.2 Å². The van der Waals surface area contributed by atoms with E-state index in [9.17, 15) is 4.79 Å². The van der Waals surface area contributed by atoms with Gasteiger partial charge in [-0.25, -0.2) is 4.68 Å². The maximum absolute atomic E-state index is 13.6. The maximum atomic E-state index is 13.6. The third-order valence-electron chi connectivity index (χ3n) is 6.36. The number of benzene rings is 3. The van der Waals surface area contributed by atoms with Gasteiger partial charge in [-0.05, 0) is 61.4 Å². The van der Waals surface area contributed by atoms with Gasteiger partial charge >= 0.3 is 0 Å². The Morgan fingerprint density at radius 2 is 1.79 bits per heavy atom. The molecular weight excluding hydrogens is 510 g/mol. The van der Waals surface area contributed by atoms with E-state index in [1.165, 1.54) is 11.8 Å². The molecule has 38 heavy (non-hydrogen) atoms. The van der Waals surface area contributed by atoms with Crippen LogP contribution in [-0.4, -0.2) is 31.5 Å². The quantitative estimate of drug-likeness (QED) is 0.133. The van der Waals surface area contributed by atoms with Gasteiger partial charge in [0.25, 0.3) is 5.91 Å². The van der Waals surface area contributed by atoms with Gasteiger partial charge in [0.1, 0.15) is 22.4 Å². The normalized spacial score (nSPS) is 15.2. The Hall–Kier alpha value is -3.94. The van der Waals surface area contributed by atoms with Crippen molar-refractivity contribution in [1.29, 1.82) is 0 Å². The highest BCUT2D eigenvalue weighted by atomic mass is 32.2. The number of carbonyl (C=O) groups is 1. The second-order valence-electron chi connectivity index (χ2n) is 8.93. The molecule has 0 radical (unpaired) electrons. The van der Waals surface area contributed by atoms with Crippen molar-refractivity contribution in [3.63, 3.8) is 0 Å². The van der Waals surface area contributed by atoms with Crippen LogP contribution in [-0.2, 0) is 4.79 Å². The molecule has 190 valence electrons. The smallest absolute Gasteiger partial charge is 0.266 e. The van der Waals surface area contributed by atoms with Crippen LogP contribution in [0, 0.1) is 6.92 Å². The number of hydrogen-bond donors (Lipinski definition) is 0. The van der Waals surface area contributed by atoms with Crippen LogP contribution in [0.4, 0.5) is 0 Å². The maximum Gasteiger partial charge on any atom is 0.266 e. The minimum absolute atomic E-state index is 0.0975. The number of aryl methyl sites for hydroxylation is 1. The third kappa shape index (κ3) is 5.21. The van der Waals surface area contributed by atoms with E-state index in [0.717, 1.165) is 39.4 Å². The molecule has 4 aromatic rings. The van der Waals surface area contributed by atoms with Crippen LogP contribution in [0.5, 0.6) is 5.75 Å². The van der Waals surface area contributed by atoms with Gasteiger partial charge in [0.2, 0.25) is 0 Å². The number of aromatic nitrogens is 2. The molecule has 0 spiro atoms. The lowest BCUT2D eigenvalue weighted by atomic mass is 10.0. The van der Waals surface area contributed by atoms with Crippen LogP contribution < -0.4 is 4.74 Å². The van der Waals surface area contributed by atoms with E-state index in [4.69, 9.17) is 22.1 Å². The zero-order valence-electron chi connectivity index (χ0n) is 21.2. The van der Waals surface area contributed by atoms with Gasteiger partial charge in [-0.15, -0.1) is 0 Å². The number of rotatable bonds is 8. The molecule has 7 heteroatoms. The summed E-state index contributed by atoms with van der Waals surface area (Å²) in [5.41, 5.74) is 5.57. The first kappa shape index (κ1) is 25.7. The Balaban J connectivity index is 1.55. The van der Waals surface area contributed by atoms with Crippen molar-refractivity contribution >= 4 is 40.3 Å². The van der Waals surface area contributed by atoms with Gasteiger partial charge in [0.05, 0.1) is 16.6 Å². The molecule has 3 aromatic carbocycles. The molecule has 5 rings (SSSR count). The van der Waals surface area contributed by atoms with E-state index in [2.05, 4.69) is 6.58 Å². The lowest BCUT2D eigenvalue weighted by Gasteiger charge is -2.23. The second-order valence-corrected chi connectivity index (χ2v) is 10.6. The van der Waals surface area contributed by atoms with Crippen LogP contribution in [0.1, 0.15) is 29.7 Å². The molecule has 0 unspecified atom stereocenters. The molecule has 5 nitrogen and oxygen atoms in total. The number of amides is 1.